The van der Waals surface area contributed by atoms with E-state index < -0.39 is 0 Å². The molecule has 18 heavy (non-hydrogen) atoms. The largest absolute Gasteiger partial charge is 0.374 e. The SMILES string of the molecule is CCCN1CCOC(CN)C1c1ccc(Br)cn1. The van der Waals surface area contributed by atoms with Gasteiger partial charge in [0.1, 0.15) is 0 Å². The van der Waals surface area contributed by atoms with Crippen LogP contribution >= 0.6 is 15.9 Å². The summed E-state index contributed by atoms with van der Waals surface area (Å²) in [5.74, 6) is 0. The Morgan fingerprint density at radius 3 is 3.00 bits per heavy atom. The highest BCUT2D eigenvalue weighted by molar-refractivity contribution is 9.10. The summed E-state index contributed by atoms with van der Waals surface area (Å²) < 4.78 is 6.78. The molecule has 1 aromatic heterocycles. The number of ether oxygens (including phenoxy) is 1. The minimum atomic E-state index is 0.0407. The van der Waals surface area contributed by atoms with Crippen LogP contribution in [0.4, 0.5) is 0 Å². The van der Waals surface area contributed by atoms with Crippen LogP contribution in [-0.2, 0) is 4.74 Å². The summed E-state index contributed by atoms with van der Waals surface area (Å²) >= 11 is 3.42. The molecule has 1 saturated heterocycles. The van der Waals surface area contributed by atoms with E-state index in [1.54, 1.807) is 0 Å². The van der Waals surface area contributed by atoms with Crippen molar-refractivity contribution >= 4 is 15.9 Å². The molecule has 100 valence electrons. The molecule has 1 aromatic rings. The van der Waals surface area contributed by atoms with Crippen molar-refractivity contribution in [2.75, 3.05) is 26.2 Å². The number of nitrogens with zero attached hydrogens (tertiary/aromatic N) is 2. The fourth-order valence-corrected chi connectivity index (χ4v) is 2.70. The van der Waals surface area contributed by atoms with Crippen molar-refractivity contribution in [1.82, 2.24) is 9.88 Å². The van der Waals surface area contributed by atoms with Crippen LogP contribution in [0.25, 0.3) is 0 Å². The number of rotatable bonds is 4. The molecule has 2 atom stereocenters. The minimum Gasteiger partial charge on any atom is -0.374 e. The Bertz CT molecular complexity index is 369. The predicted octanol–water partition coefficient (Wildman–Crippen LogP) is 1.95. The van der Waals surface area contributed by atoms with Crippen LogP contribution in [-0.4, -0.2) is 42.2 Å². The monoisotopic (exact) mass is 313 g/mol. The smallest absolute Gasteiger partial charge is 0.0909 e. The number of nitrogens with two attached hydrogens (primary N) is 1. The van der Waals surface area contributed by atoms with Crippen LogP contribution in [0, 0.1) is 0 Å². The molecule has 0 radical (unpaired) electrons. The fraction of sp³-hybridized carbons (Fsp3) is 0.615. The Hall–Kier alpha value is -0.490. The highest BCUT2D eigenvalue weighted by Crippen LogP contribution is 2.28. The molecule has 0 amide bonds. The maximum Gasteiger partial charge on any atom is 0.0909 e. The normalized spacial score (nSPS) is 25.3. The lowest BCUT2D eigenvalue weighted by molar-refractivity contribution is -0.0689. The number of aromatic nitrogens is 1. The third-order valence-corrected chi connectivity index (χ3v) is 3.72. The van der Waals surface area contributed by atoms with E-state index in [1.807, 2.05) is 12.3 Å². The molecular formula is C13H20BrN3O. The first kappa shape index (κ1) is 13.9. The lowest BCUT2D eigenvalue weighted by atomic mass is 10.0. The summed E-state index contributed by atoms with van der Waals surface area (Å²) in [4.78, 5) is 6.94. The van der Waals surface area contributed by atoms with Gasteiger partial charge in [0.2, 0.25) is 0 Å². The van der Waals surface area contributed by atoms with E-state index in [0.717, 1.165) is 36.3 Å². The summed E-state index contributed by atoms with van der Waals surface area (Å²) in [6.45, 7) is 5.49. The Kier molecular flexibility index (Phi) is 5.12. The molecule has 1 aliphatic heterocycles. The first-order chi connectivity index (χ1) is 8.76. The molecule has 0 saturated carbocycles. The molecule has 2 rings (SSSR count). The highest BCUT2D eigenvalue weighted by Gasteiger charge is 2.33. The summed E-state index contributed by atoms with van der Waals surface area (Å²) in [7, 11) is 0. The van der Waals surface area contributed by atoms with Gasteiger partial charge in [0.25, 0.3) is 0 Å². The van der Waals surface area contributed by atoms with Gasteiger partial charge in [-0.1, -0.05) is 6.92 Å². The van der Waals surface area contributed by atoms with Gasteiger partial charge >= 0.3 is 0 Å². The van der Waals surface area contributed by atoms with Gasteiger partial charge in [-0.05, 0) is 41.0 Å². The van der Waals surface area contributed by atoms with Crippen LogP contribution in [0.2, 0.25) is 0 Å². The number of hydrogen-bond donors (Lipinski definition) is 1. The topological polar surface area (TPSA) is 51.4 Å². The van der Waals surface area contributed by atoms with E-state index >= 15 is 0 Å². The molecule has 0 aliphatic carbocycles. The predicted molar refractivity (Wildman–Crippen MR) is 75.3 cm³/mol. The van der Waals surface area contributed by atoms with Gasteiger partial charge in [-0.25, -0.2) is 0 Å². The van der Waals surface area contributed by atoms with Crippen LogP contribution in [0.1, 0.15) is 25.1 Å². The van der Waals surface area contributed by atoms with Crippen molar-refractivity contribution in [2.24, 2.45) is 5.73 Å². The molecule has 0 bridgehead atoms. The van der Waals surface area contributed by atoms with Crippen molar-refractivity contribution in [1.29, 1.82) is 0 Å². The Labute approximate surface area is 117 Å². The fourth-order valence-electron chi connectivity index (χ4n) is 2.46. The summed E-state index contributed by atoms with van der Waals surface area (Å²) in [5.41, 5.74) is 6.87. The van der Waals surface area contributed by atoms with Crippen LogP contribution in [0.5, 0.6) is 0 Å². The van der Waals surface area contributed by atoms with Crippen molar-refractivity contribution in [3.63, 3.8) is 0 Å². The zero-order valence-electron chi connectivity index (χ0n) is 10.7. The van der Waals surface area contributed by atoms with Crippen molar-refractivity contribution in [2.45, 2.75) is 25.5 Å². The van der Waals surface area contributed by atoms with Crippen LogP contribution in [0.15, 0.2) is 22.8 Å². The maximum atomic E-state index is 5.83. The number of pyridine rings is 1. The van der Waals surface area contributed by atoms with Crippen molar-refractivity contribution < 1.29 is 4.74 Å². The number of hydrogen-bond acceptors (Lipinski definition) is 4. The highest BCUT2D eigenvalue weighted by atomic mass is 79.9. The molecule has 2 heterocycles. The van der Waals surface area contributed by atoms with Gasteiger partial charge in [-0.2, -0.15) is 0 Å². The molecule has 2 unspecified atom stereocenters. The second-order valence-electron chi connectivity index (χ2n) is 4.53. The quantitative estimate of drug-likeness (QED) is 0.923. The third-order valence-electron chi connectivity index (χ3n) is 3.25. The van der Waals surface area contributed by atoms with Gasteiger partial charge in [-0.3, -0.25) is 9.88 Å². The van der Waals surface area contributed by atoms with Crippen LogP contribution < -0.4 is 5.73 Å². The van der Waals surface area contributed by atoms with E-state index in [1.165, 1.54) is 0 Å². The van der Waals surface area contributed by atoms with E-state index in [4.69, 9.17) is 10.5 Å². The van der Waals surface area contributed by atoms with Crippen LogP contribution in [0.3, 0.4) is 0 Å². The second-order valence-corrected chi connectivity index (χ2v) is 5.44. The Morgan fingerprint density at radius 2 is 2.39 bits per heavy atom. The molecule has 1 fully saturated rings. The van der Waals surface area contributed by atoms with Crippen molar-refractivity contribution in [3.8, 4) is 0 Å². The number of halogens is 1. The lowest BCUT2D eigenvalue weighted by Gasteiger charge is -2.40. The molecule has 2 N–H and O–H groups in total. The first-order valence-corrected chi connectivity index (χ1v) is 7.22. The summed E-state index contributed by atoms with van der Waals surface area (Å²) in [6.07, 6.45) is 3.00. The first-order valence-electron chi connectivity index (χ1n) is 6.43. The minimum absolute atomic E-state index is 0.0407. The average Bonchev–Trinajstić information content (AvgIpc) is 2.40. The molecule has 0 aromatic carbocycles. The van der Waals surface area contributed by atoms with E-state index in [-0.39, 0.29) is 12.1 Å². The molecule has 0 spiro atoms. The van der Waals surface area contributed by atoms with E-state index in [2.05, 4.69) is 38.8 Å². The second kappa shape index (κ2) is 6.61. The third kappa shape index (κ3) is 3.09. The van der Waals surface area contributed by atoms with Gasteiger partial charge in [0.15, 0.2) is 0 Å². The molecule has 5 heteroatoms. The maximum absolute atomic E-state index is 5.83. The molecule has 4 nitrogen and oxygen atoms in total. The summed E-state index contributed by atoms with van der Waals surface area (Å²) in [5, 5.41) is 0. The molecule has 1 aliphatic rings. The van der Waals surface area contributed by atoms with Gasteiger partial charge in [0.05, 0.1) is 24.4 Å². The van der Waals surface area contributed by atoms with Gasteiger partial charge in [0, 0.05) is 23.8 Å². The zero-order valence-corrected chi connectivity index (χ0v) is 12.3. The van der Waals surface area contributed by atoms with Gasteiger partial charge < -0.3 is 10.5 Å². The standard InChI is InChI=1S/C13H20BrN3O/c1-2-5-17-6-7-18-12(8-15)13(17)11-4-3-10(14)9-16-11/h3-4,9,12-13H,2,5-8,15H2,1H3. The average molecular weight is 314 g/mol. The van der Waals surface area contributed by atoms with Gasteiger partial charge in [-0.15, -0.1) is 0 Å². The Balaban J connectivity index is 2.24. The van der Waals surface area contributed by atoms with Crippen molar-refractivity contribution in [3.05, 3.63) is 28.5 Å². The zero-order chi connectivity index (χ0) is 13.0. The lowest BCUT2D eigenvalue weighted by Crippen LogP contribution is -2.48. The van der Waals surface area contributed by atoms with E-state index in [9.17, 15) is 0 Å². The summed E-state index contributed by atoms with van der Waals surface area (Å²) in [6, 6.07) is 4.25. The van der Waals surface area contributed by atoms with E-state index in [0.29, 0.717) is 6.54 Å². The Morgan fingerprint density at radius 1 is 1.56 bits per heavy atom. The number of morpholine rings is 1. The molecular weight excluding hydrogens is 294 g/mol.